The summed E-state index contributed by atoms with van der Waals surface area (Å²) in [5.74, 6) is -0.0520. The SMILES string of the molecule is CC(N)C(=O)/C=C/c1ccccc1. The molecule has 2 N–H and O–H groups in total. The molecule has 0 aliphatic rings. The van der Waals surface area contributed by atoms with Gasteiger partial charge in [0.15, 0.2) is 5.78 Å². The van der Waals surface area contributed by atoms with Crippen molar-refractivity contribution in [3.63, 3.8) is 0 Å². The molecule has 0 spiro atoms. The maximum atomic E-state index is 11.1. The zero-order valence-corrected chi connectivity index (χ0v) is 7.60. The second kappa shape index (κ2) is 4.58. The third-order valence-corrected chi connectivity index (χ3v) is 1.69. The van der Waals surface area contributed by atoms with Crippen molar-refractivity contribution in [1.82, 2.24) is 0 Å². The first-order chi connectivity index (χ1) is 6.20. The Kier molecular flexibility index (Phi) is 3.41. The maximum absolute atomic E-state index is 11.1. The van der Waals surface area contributed by atoms with E-state index < -0.39 is 6.04 Å². The molecule has 2 heteroatoms. The maximum Gasteiger partial charge on any atom is 0.172 e. The van der Waals surface area contributed by atoms with Crippen LogP contribution >= 0.6 is 0 Å². The Morgan fingerprint density at radius 1 is 1.38 bits per heavy atom. The standard InChI is InChI=1S/C11H13NO/c1-9(12)11(13)8-7-10-5-3-2-4-6-10/h2-9H,12H2,1H3/b8-7+. The second-order valence-corrected chi connectivity index (χ2v) is 2.94. The normalized spacial score (nSPS) is 13.1. The lowest BCUT2D eigenvalue weighted by atomic mass is 10.1. The molecule has 0 bridgehead atoms. The predicted molar refractivity (Wildman–Crippen MR) is 54.1 cm³/mol. The Bertz CT molecular complexity index is 301. The molecule has 0 fully saturated rings. The first-order valence-electron chi connectivity index (χ1n) is 4.22. The summed E-state index contributed by atoms with van der Waals surface area (Å²) in [5, 5.41) is 0. The fraction of sp³-hybridized carbons (Fsp3) is 0.182. The van der Waals surface area contributed by atoms with Crippen molar-refractivity contribution in [2.24, 2.45) is 5.73 Å². The summed E-state index contributed by atoms with van der Waals surface area (Å²) in [6, 6.07) is 9.24. The Morgan fingerprint density at radius 2 is 2.00 bits per heavy atom. The van der Waals surface area contributed by atoms with E-state index in [0.717, 1.165) is 5.56 Å². The number of carbonyl (C=O) groups is 1. The van der Waals surface area contributed by atoms with E-state index in [2.05, 4.69) is 0 Å². The molecule has 2 nitrogen and oxygen atoms in total. The van der Waals surface area contributed by atoms with E-state index in [1.165, 1.54) is 6.08 Å². The summed E-state index contributed by atoms with van der Waals surface area (Å²) in [5.41, 5.74) is 6.41. The molecule has 1 aromatic rings. The zero-order valence-electron chi connectivity index (χ0n) is 7.60. The number of nitrogens with two attached hydrogens (primary N) is 1. The molecular formula is C11H13NO. The molecule has 0 aliphatic heterocycles. The quantitative estimate of drug-likeness (QED) is 0.709. The summed E-state index contributed by atoms with van der Waals surface area (Å²) in [7, 11) is 0. The molecule has 0 radical (unpaired) electrons. The molecule has 1 rings (SSSR count). The Labute approximate surface area is 78.1 Å². The average Bonchev–Trinajstić information content (AvgIpc) is 2.15. The molecule has 13 heavy (non-hydrogen) atoms. The summed E-state index contributed by atoms with van der Waals surface area (Å²) in [6.07, 6.45) is 3.28. The summed E-state index contributed by atoms with van der Waals surface area (Å²) in [4.78, 5) is 11.1. The molecule has 1 unspecified atom stereocenters. The topological polar surface area (TPSA) is 43.1 Å². The van der Waals surface area contributed by atoms with Crippen LogP contribution in [0.25, 0.3) is 6.08 Å². The van der Waals surface area contributed by atoms with Crippen molar-refractivity contribution in [3.8, 4) is 0 Å². The number of hydrogen-bond acceptors (Lipinski definition) is 2. The average molecular weight is 175 g/mol. The Morgan fingerprint density at radius 3 is 2.54 bits per heavy atom. The van der Waals surface area contributed by atoms with E-state index in [9.17, 15) is 4.79 Å². The summed E-state index contributed by atoms with van der Waals surface area (Å²) >= 11 is 0. The van der Waals surface area contributed by atoms with Crippen LogP contribution in [0.2, 0.25) is 0 Å². The van der Waals surface area contributed by atoms with E-state index in [0.29, 0.717) is 0 Å². The van der Waals surface area contributed by atoms with Gasteiger partial charge in [-0.2, -0.15) is 0 Å². The van der Waals surface area contributed by atoms with Crippen LogP contribution in [0.15, 0.2) is 36.4 Å². The fourth-order valence-electron chi connectivity index (χ4n) is 0.894. The van der Waals surface area contributed by atoms with E-state index in [1.807, 2.05) is 30.3 Å². The number of benzene rings is 1. The molecule has 0 heterocycles. The van der Waals surface area contributed by atoms with Gasteiger partial charge in [0.2, 0.25) is 0 Å². The molecule has 0 amide bonds. The molecule has 0 aliphatic carbocycles. The van der Waals surface area contributed by atoms with Gasteiger partial charge in [0.25, 0.3) is 0 Å². The van der Waals surface area contributed by atoms with Gasteiger partial charge in [0, 0.05) is 0 Å². The molecule has 1 atom stereocenters. The van der Waals surface area contributed by atoms with Crippen LogP contribution < -0.4 is 5.73 Å². The van der Waals surface area contributed by atoms with E-state index in [-0.39, 0.29) is 5.78 Å². The largest absolute Gasteiger partial charge is 0.321 e. The van der Waals surface area contributed by atoms with Gasteiger partial charge in [-0.05, 0) is 18.6 Å². The zero-order chi connectivity index (χ0) is 9.68. The third-order valence-electron chi connectivity index (χ3n) is 1.69. The highest BCUT2D eigenvalue weighted by Gasteiger charge is 2.00. The summed E-state index contributed by atoms with van der Waals surface area (Å²) < 4.78 is 0. The van der Waals surface area contributed by atoms with Crippen LogP contribution in [0.4, 0.5) is 0 Å². The van der Waals surface area contributed by atoms with Crippen LogP contribution in [-0.2, 0) is 4.79 Å². The minimum atomic E-state index is -0.417. The number of hydrogen-bond donors (Lipinski definition) is 1. The lowest BCUT2D eigenvalue weighted by molar-refractivity contribution is -0.115. The Hall–Kier alpha value is -1.41. The monoisotopic (exact) mass is 175 g/mol. The van der Waals surface area contributed by atoms with Crippen molar-refractivity contribution in [2.45, 2.75) is 13.0 Å². The van der Waals surface area contributed by atoms with Gasteiger partial charge < -0.3 is 5.73 Å². The third kappa shape index (κ3) is 3.22. The predicted octanol–water partition coefficient (Wildman–Crippen LogP) is 1.62. The second-order valence-electron chi connectivity index (χ2n) is 2.94. The minimum Gasteiger partial charge on any atom is -0.321 e. The van der Waals surface area contributed by atoms with Gasteiger partial charge in [-0.3, -0.25) is 4.79 Å². The van der Waals surface area contributed by atoms with Crippen LogP contribution in [0.1, 0.15) is 12.5 Å². The number of carbonyl (C=O) groups excluding carboxylic acids is 1. The van der Waals surface area contributed by atoms with Gasteiger partial charge in [-0.25, -0.2) is 0 Å². The van der Waals surface area contributed by atoms with Crippen molar-refractivity contribution in [1.29, 1.82) is 0 Å². The molecule has 0 saturated carbocycles. The van der Waals surface area contributed by atoms with Gasteiger partial charge in [-0.15, -0.1) is 0 Å². The Balaban J connectivity index is 2.64. The lowest BCUT2D eigenvalue weighted by Crippen LogP contribution is -2.24. The van der Waals surface area contributed by atoms with Crippen LogP contribution in [0, 0.1) is 0 Å². The van der Waals surface area contributed by atoms with Crippen LogP contribution in [0.3, 0.4) is 0 Å². The molecule has 0 saturated heterocycles. The fourth-order valence-corrected chi connectivity index (χ4v) is 0.894. The first-order valence-corrected chi connectivity index (χ1v) is 4.22. The van der Waals surface area contributed by atoms with Gasteiger partial charge >= 0.3 is 0 Å². The highest BCUT2D eigenvalue weighted by Crippen LogP contribution is 2.01. The summed E-state index contributed by atoms with van der Waals surface area (Å²) in [6.45, 7) is 1.68. The van der Waals surface area contributed by atoms with Crippen molar-refractivity contribution >= 4 is 11.9 Å². The van der Waals surface area contributed by atoms with E-state index >= 15 is 0 Å². The highest BCUT2D eigenvalue weighted by molar-refractivity contribution is 5.97. The van der Waals surface area contributed by atoms with Crippen molar-refractivity contribution in [2.75, 3.05) is 0 Å². The molecule has 0 aromatic heterocycles. The number of ketones is 1. The van der Waals surface area contributed by atoms with Gasteiger partial charge in [0.05, 0.1) is 6.04 Å². The highest BCUT2D eigenvalue weighted by atomic mass is 16.1. The first kappa shape index (κ1) is 9.68. The van der Waals surface area contributed by atoms with Crippen LogP contribution in [0.5, 0.6) is 0 Å². The van der Waals surface area contributed by atoms with Crippen molar-refractivity contribution in [3.05, 3.63) is 42.0 Å². The smallest absolute Gasteiger partial charge is 0.172 e. The lowest BCUT2D eigenvalue weighted by Gasteiger charge is -1.96. The molecule has 1 aromatic carbocycles. The van der Waals surface area contributed by atoms with E-state index in [1.54, 1.807) is 13.0 Å². The van der Waals surface area contributed by atoms with Gasteiger partial charge in [-0.1, -0.05) is 36.4 Å². The minimum absolute atomic E-state index is 0.0520. The molecular weight excluding hydrogens is 162 g/mol. The molecule has 68 valence electrons. The van der Waals surface area contributed by atoms with Gasteiger partial charge in [0.1, 0.15) is 0 Å². The number of rotatable bonds is 3. The van der Waals surface area contributed by atoms with Crippen molar-refractivity contribution < 1.29 is 4.79 Å². The van der Waals surface area contributed by atoms with E-state index in [4.69, 9.17) is 5.73 Å². The van der Waals surface area contributed by atoms with Crippen LogP contribution in [-0.4, -0.2) is 11.8 Å².